The first-order valence-electron chi connectivity index (χ1n) is 8.96. The van der Waals surface area contributed by atoms with Crippen molar-refractivity contribution in [2.24, 2.45) is 5.92 Å². The Morgan fingerprint density at radius 1 is 1.08 bits per heavy atom. The van der Waals surface area contributed by atoms with Crippen molar-refractivity contribution in [2.45, 2.75) is 89.9 Å². The van der Waals surface area contributed by atoms with Gasteiger partial charge < -0.3 is 13.9 Å². The molecule has 2 saturated heterocycles. The lowest BCUT2D eigenvalue weighted by molar-refractivity contribution is -0.146. The second-order valence-electron chi connectivity index (χ2n) is 9.67. The van der Waals surface area contributed by atoms with E-state index in [1.807, 2.05) is 20.8 Å². The number of carbonyl (C=O) groups excluding carboxylic acids is 2. The van der Waals surface area contributed by atoms with Crippen molar-refractivity contribution in [1.82, 2.24) is 4.90 Å². The number of methoxy groups -OCH3 is 1. The van der Waals surface area contributed by atoms with E-state index in [2.05, 4.69) is 33.9 Å². The van der Waals surface area contributed by atoms with Gasteiger partial charge in [0.15, 0.2) is 8.32 Å². The highest BCUT2D eigenvalue weighted by Gasteiger charge is 2.65. The molecule has 0 unspecified atom stereocenters. The van der Waals surface area contributed by atoms with Gasteiger partial charge in [-0.25, -0.2) is 9.59 Å². The van der Waals surface area contributed by atoms with E-state index in [1.54, 1.807) is 4.90 Å². The Morgan fingerprint density at radius 2 is 1.64 bits per heavy atom. The Hall–Kier alpha value is -1.08. The Balaban J connectivity index is 2.23. The molecule has 0 N–H and O–H groups in total. The molecule has 4 atom stereocenters. The molecular formula is C18H33NO5Si. The summed E-state index contributed by atoms with van der Waals surface area (Å²) in [4.78, 5) is 26.6. The maximum absolute atomic E-state index is 12.7. The number of rotatable bonds is 3. The molecule has 3 rings (SSSR count). The van der Waals surface area contributed by atoms with Crippen LogP contribution in [0, 0.1) is 5.92 Å². The van der Waals surface area contributed by atoms with Gasteiger partial charge in [0.1, 0.15) is 11.6 Å². The fourth-order valence-corrected chi connectivity index (χ4v) is 4.65. The fourth-order valence-electron chi connectivity index (χ4n) is 3.29. The summed E-state index contributed by atoms with van der Waals surface area (Å²) < 4.78 is 17.0. The first-order chi connectivity index (χ1) is 11.2. The number of hydrogen-bond donors (Lipinski definition) is 0. The van der Waals surface area contributed by atoms with Gasteiger partial charge in [-0.2, -0.15) is 0 Å². The van der Waals surface area contributed by atoms with E-state index in [4.69, 9.17) is 13.9 Å². The first-order valence-corrected chi connectivity index (χ1v) is 11.9. The molecular weight excluding hydrogens is 338 g/mol. The van der Waals surface area contributed by atoms with E-state index in [1.165, 1.54) is 7.11 Å². The van der Waals surface area contributed by atoms with Crippen LogP contribution in [0.15, 0.2) is 0 Å². The Bertz CT molecular complexity index is 549. The van der Waals surface area contributed by atoms with E-state index in [9.17, 15) is 9.59 Å². The van der Waals surface area contributed by atoms with E-state index in [0.717, 1.165) is 6.42 Å². The largest absolute Gasteiger partial charge is 0.467 e. The summed E-state index contributed by atoms with van der Waals surface area (Å²) in [6, 6.07) is -0.724. The summed E-state index contributed by atoms with van der Waals surface area (Å²) in [5.74, 6) is -0.404. The number of carbonyl (C=O) groups is 2. The SMILES string of the molecule is COC(=O)[C@@H]1[C@@H]2C[C@@H]([C@@H]2O[Si](C)(C)C(C)(C)C)N1C(=O)OC(C)(C)C. The van der Waals surface area contributed by atoms with Crippen LogP contribution >= 0.6 is 0 Å². The van der Waals surface area contributed by atoms with Crippen LogP contribution in [0.4, 0.5) is 4.79 Å². The second-order valence-corrected chi connectivity index (χ2v) is 14.4. The minimum Gasteiger partial charge on any atom is -0.467 e. The molecule has 1 amide bonds. The second kappa shape index (κ2) is 6.27. The van der Waals surface area contributed by atoms with Gasteiger partial charge in [0.25, 0.3) is 0 Å². The van der Waals surface area contributed by atoms with Gasteiger partial charge in [0.05, 0.1) is 19.3 Å². The molecule has 6 nitrogen and oxygen atoms in total. The molecule has 0 radical (unpaired) electrons. The number of amides is 1. The summed E-state index contributed by atoms with van der Waals surface area (Å²) in [6.07, 6.45) is 0.187. The molecule has 0 aromatic rings. The molecule has 1 saturated carbocycles. The highest BCUT2D eigenvalue weighted by Crippen LogP contribution is 2.51. The zero-order valence-corrected chi connectivity index (χ0v) is 18.0. The smallest absolute Gasteiger partial charge is 0.411 e. The van der Waals surface area contributed by atoms with Crippen molar-refractivity contribution in [3.8, 4) is 0 Å². The topological polar surface area (TPSA) is 65.1 Å². The molecule has 2 bridgehead atoms. The molecule has 3 aliphatic rings. The molecule has 25 heavy (non-hydrogen) atoms. The Labute approximate surface area is 152 Å². The summed E-state index contributed by atoms with van der Waals surface area (Å²) in [5.41, 5.74) is -0.611. The van der Waals surface area contributed by atoms with Crippen LogP contribution in [0.2, 0.25) is 18.1 Å². The van der Waals surface area contributed by atoms with Gasteiger partial charge in [-0.15, -0.1) is 0 Å². The van der Waals surface area contributed by atoms with Crippen molar-refractivity contribution in [2.75, 3.05) is 7.11 Å². The molecule has 7 heteroatoms. The summed E-state index contributed by atoms with van der Waals surface area (Å²) in [5, 5.41) is 0.0690. The summed E-state index contributed by atoms with van der Waals surface area (Å²) in [7, 11) is -0.642. The number of esters is 1. The minimum atomic E-state index is -2.00. The molecule has 144 valence electrons. The molecule has 0 aromatic heterocycles. The third kappa shape index (κ3) is 3.72. The normalized spacial score (nSPS) is 29.2. The molecule has 2 aliphatic heterocycles. The highest BCUT2D eigenvalue weighted by molar-refractivity contribution is 6.74. The average Bonchev–Trinajstić information content (AvgIpc) is 2.94. The number of hydrogen-bond acceptors (Lipinski definition) is 5. The average molecular weight is 372 g/mol. The molecule has 2 heterocycles. The van der Waals surface area contributed by atoms with Crippen molar-refractivity contribution >= 4 is 20.4 Å². The molecule has 0 aromatic carbocycles. The third-order valence-corrected chi connectivity index (χ3v) is 10.1. The van der Waals surface area contributed by atoms with E-state index in [-0.39, 0.29) is 29.1 Å². The highest BCUT2D eigenvalue weighted by atomic mass is 28.4. The van der Waals surface area contributed by atoms with Crippen molar-refractivity contribution in [1.29, 1.82) is 0 Å². The van der Waals surface area contributed by atoms with Gasteiger partial charge in [0.2, 0.25) is 0 Å². The van der Waals surface area contributed by atoms with Crippen LogP contribution in [0.1, 0.15) is 48.0 Å². The van der Waals surface area contributed by atoms with Gasteiger partial charge in [-0.1, -0.05) is 20.8 Å². The van der Waals surface area contributed by atoms with Crippen LogP contribution in [0.25, 0.3) is 0 Å². The van der Waals surface area contributed by atoms with Crippen LogP contribution < -0.4 is 0 Å². The van der Waals surface area contributed by atoms with Crippen LogP contribution in [-0.2, 0) is 18.7 Å². The predicted molar refractivity (Wildman–Crippen MR) is 97.8 cm³/mol. The molecule has 0 spiro atoms. The maximum Gasteiger partial charge on any atom is 0.411 e. The standard InChI is InChI=1S/C18H33NO5Si/c1-17(2,3)23-16(21)19-12-10-11(13(19)15(20)22-7)14(12)24-25(8,9)18(4,5)6/h11-14H,10H2,1-9H3/t11-,12-,13-,14+/m0/s1. The van der Waals surface area contributed by atoms with Crippen LogP contribution in [-0.4, -0.2) is 56.2 Å². The summed E-state index contributed by atoms with van der Waals surface area (Å²) in [6.45, 7) is 16.4. The molecule has 1 aliphatic carbocycles. The lowest BCUT2D eigenvalue weighted by atomic mass is 9.79. The van der Waals surface area contributed by atoms with Crippen molar-refractivity contribution in [3.63, 3.8) is 0 Å². The number of fused-ring (bicyclic) bond motifs is 1. The van der Waals surface area contributed by atoms with Gasteiger partial charge >= 0.3 is 12.1 Å². The zero-order chi connectivity index (χ0) is 19.4. The number of nitrogens with zero attached hydrogens (tertiary/aromatic N) is 1. The third-order valence-electron chi connectivity index (χ3n) is 5.66. The monoisotopic (exact) mass is 371 g/mol. The Morgan fingerprint density at radius 3 is 2.08 bits per heavy atom. The first kappa shape index (κ1) is 20.2. The summed E-state index contributed by atoms with van der Waals surface area (Å²) >= 11 is 0. The van der Waals surface area contributed by atoms with Crippen molar-refractivity contribution in [3.05, 3.63) is 0 Å². The zero-order valence-electron chi connectivity index (χ0n) is 17.0. The van der Waals surface area contributed by atoms with E-state index < -0.39 is 26.1 Å². The molecule has 3 fully saturated rings. The fraction of sp³-hybridized carbons (Fsp3) is 0.889. The van der Waals surface area contributed by atoms with Crippen LogP contribution in [0.3, 0.4) is 0 Å². The minimum absolute atomic E-state index is 0.0147. The van der Waals surface area contributed by atoms with Gasteiger partial charge in [-0.3, -0.25) is 4.90 Å². The predicted octanol–water partition coefficient (Wildman–Crippen LogP) is 3.56. The van der Waals surface area contributed by atoms with E-state index >= 15 is 0 Å². The van der Waals surface area contributed by atoms with Crippen LogP contribution in [0.5, 0.6) is 0 Å². The number of ether oxygens (including phenoxy) is 2. The van der Waals surface area contributed by atoms with Crippen molar-refractivity contribution < 1.29 is 23.5 Å². The maximum atomic E-state index is 12.7. The van der Waals surface area contributed by atoms with E-state index in [0.29, 0.717) is 0 Å². The van der Waals surface area contributed by atoms with Gasteiger partial charge in [0, 0.05) is 5.92 Å². The van der Waals surface area contributed by atoms with Gasteiger partial charge in [-0.05, 0) is 45.3 Å². The Kier molecular flexibility index (Phi) is 5.07. The quantitative estimate of drug-likeness (QED) is 0.561. The lowest BCUT2D eigenvalue weighted by Gasteiger charge is -2.45. The lowest BCUT2D eigenvalue weighted by Crippen LogP contribution is -2.54.